The van der Waals surface area contributed by atoms with Crippen molar-refractivity contribution in [1.29, 1.82) is 0 Å². The maximum absolute atomic E-state index is 14.4. The quantitative estimate of drug-likeness (QED) is 0.489. The summed E-state index contributed by atoms with van der Waals surface area (Å²) in [4.78, 5) is 49.7. The Labute approximate surface area is 230 Å². The van der Waals surface area contributed by atoms with E-state index in [9.17, 15) is 14.4 Å². The molecule has 0 unspecified atom stereocenters. The number of piperazine rings is 1. The summed E-state index contributed by atoms with van der Waals surface area (Å²) in [6.45, 7) is 6.33. The van der Waals surface area contributed by atoms with Crippen LogP contribution in [0.4, 0.5) is 0 Å². The smallest absolute Gasteiger partial charge is 0.246 e. The third-order valence-corrected chi connectivity index (χ3v) is 9.74. The maximum Gasteiger partial charge on any atom is 0.246 e. The predicted octanol–water partition coefficient (Wildman–Crippen LogP) is 4.83. The van der Waals surface area contributed by atoms with Crippen LogP contribution in [0, 0.1) is 11.8 Å². The molecule has 2 saturated heterocycles. The molecule has 1 aromatic carbocycles. The summed E-state index contributed by atoms with van der Waals surface area (Å²) in [5, 5.41) is 5.83. The van der Waals surface area contributed by atoms with Gasteiger partial charge in [-0.25, -0.2) is 4.98 Å². The first-order chi connectivity index (χ1) is 18.5. The standard InChI is InChI=1S/C30H40N4O3S/c1-3-20(2)28(36)32-26(21-11-6-4-7-12-21)30(37)34-17-23-15-10-16-33(23)18-25(34)29-31-24(19-38-29)27(35)22-13-8-5-9-14-22/h5,8-9,13-14,19-21,23,25-26H,3-4,6-7,10-12,15-18H2,1-2H3,(H,32,36)/t20-,23-,25+,26+/m1/s1. The number of nitrogens with zero attached hydrogens (tertiary/aromatic N) is 3. The number of hydrogen-bond acceptors (Lipinski definition) is 6. The summed E-state index contributed by atoms with van der Waals surface area (Å²) in [6, 6.07) is 8.84. The Morgan fingerprint density at radius 2 is 1.82 bits per heavy atom. The van der Waals surface area contributed by atoms with E-state index >= 15 is 0 Å². The number of rotatable bonds is 8. The number of nitrogens with one attached hydrogen (secondary N) is 1. The van der Waals surface area contributed by atoms with Gasteiger partial charge in [0.25, 0.3) is 0 Å². The second-order valence-electron chi connectivity index (χ2n) is 11.3. The van der Waals surface area contributed by atoms with E-state index in [0.717, 1.165) is 63.0 Å². The van der Waals surface area contributed by atoms with E-state index in [1.165, 1.54) is 17.8 Å². The lowest BCUT2D eigenvalue weighted by molar-refractivity contribution is -0.144. The number of benzene rings is 1. The second kappa shape index (κ2) is 12.1. The fraction of sp³-hybridized carbons (Fsp3) is 0.600. The Kier molecular flexibility index (Phi) is 8.58. The summed E-state index contributed by atoms with van der Waals surface area (Å²) in [5.74, 6) is -0.0599. The highest BCUT2D eigenvalue weighted by molar-refractivity contribution is 7.10. The summed E-state index contributed by atoms with van der Waals surface area (Å²) in [6.07, 6.45) is 8.30. The highest BCUT2D eigenvalue weighted by Crippen LogP contribution is 2.36. The van der Waals surface area contributed by atoms with Crippen molar-refractivity contribution in [3.63, 3.8) is 0 Å². The monoisotopic (exact) mass is 536 g/mol. The van der Waals surface area contributed by atoms with Crippen LogP contribution in [-0.4, -0.2) is 64.1 Å². The largest absolute Gasteiger partial charge is 0.344 e. The van der Waals surface area contributed by atoms with Crippen molar-refractivity contribution in [2.45, 2.75) is 83.3 Å². The molecule has 8 heteroatoms. The molecule has 3 fully saturated rings. The van der Waals surface area contributed by atoms with E-state index in [2.05, 4.69) is 10.2 Å². The van der Waals surface area contributed by atoms with Gasteiger partial charge in [-0.3, -0.25) is 19.3 Å². The molecule has 3 aliphatic rings. The molecule has 3 heterocycles. The molecule has 2 amide bonds. The van der Waals surface area contributed by atoms with Crippen molar-refractivity contribution in [2.24, 2.45) is 11.8 Å². The summed E-state index contributed by atoms with van der Waals surface area (Å²) in [5.41, 5.74) is 1.05. The Morgan fingerprint density at radius 1 is 1.05 bits per heavy atom. The minimum atomic E-state index is -0.502. The number of amides is 2. The van der Waals surface area contributed by atoms with E-state index in [-0.39, 0.29) is 35.5 Å². The zero-order chi connectivity index (χ0) is 26.6. The molecule has 204 valence electrons. The van der Waals surface area contributed by atoms with Crippen molar-refractivity contribution in [2.75, 3.05) is 19.6 Å². The molecule has 0 radical (unpaired) electrons. The van der Waals surface area contributed by atoms with Crippen LogP contribution >= 0.6 is 11.3 Å². The van der Waals surface area contributed by atoms with Crippen LogP contribution in [0.2, 0.25) is 0 Å². The lowest BCUT2D eigenvalue weighted by atomic mass is 9.82. The molecule has 0 spiro atoms. The summed E-state index contributed by atoms with van der Waals surface area (Å²) in [7, 11) is 0. The van der Waals surface area contributed by atoms with E-state index in [1.54, 1.807) is 12.1 Å². The zero-order valence-corrected chi connectivity index (χ0v) is 23.4. The maximum atomic E-state index is 14.4. The number of ketones is 1. The van der Waals surface area contributed by atoms with E-state index < -0.39 is 6.04 Å². The first kappa shape index (κ1) is 27.0. The molecular formula is C30H40N4O3S. The minimum Gasteiger partial charge on any atom is -0.344 e. The molecule has 2 aliphatic heterocycles. The number of fused-ring (bicyclic) bond motifs is 1. The second-order valence-corrected chi connectivity index (χ2v) is 12.1. The summed E-state index contributed by atoms with van der Waals surface area (Å²) >= 11 is 1.46. The lowest BCUT2D eigenvalue weighted by Gasteiger charge is -2.45. The van der Waals surface area contributed by atoms with Crippen LogP contribution in [0.25, 0.3) is 0 Å². The topological polar surface area (TPSA) is 82.6 Å². The molecule has 1 aromatic heterocycles. The van der Waals surface area contributed by atoms with Crippen molar-refractivity contribution in [1.82, 2.24) is 20.1 Å². The number of carbonyl (C=O) groups excluding carboxylic acids is 3. The van der Waals surface area contributed by atoms with E-state index in [0.29, 0.717) is 23.8 Å². The fourth-order valence-electron chi connectivity index (χ4n) is 6.26. The first-order valence-corrected chi connectivity index (χ1v) is 15.2. The van der Waals surface area contributed by atoms with Crippen molar-refractivity contribution in [3.05, 3.63) is 52.0 Å². The molecular weight excluding hydrogens is 496 g/mol. The van der Waals surface area contributed by atoms with Gasteiger partial charge in [0.15, 0.2) is 0 Å². The van der Waals surface area contributed by atoms with Crippen LogP contribution in [0.3, 0.4) is 0 Å². The molecule has 2 aromatic rings. The highest BCUT2D eigenvalue weighted by Gasteiger charge is 2.44. The van der Waals surface area contributed by atoms with E-state index in [4.69, 9.17) is 4.98 Å². The average Bonchev–Trinajstić information content (AvgIpc) is 3.64. The Bertz CT molecular complexity index is 1130. The van der Waals surface area contributed by atoms with Gasteiger partial charge < -0.3 is 10.2 Å². The molecule has 4 atom stereocenters. The Morgan fingerprint density at radius 3 is 2.55 bits per heavy atom. The minimum absolute atomic E-state index is 0.0243. The highest BCUT2D eigenvalue weighted by atomic mass is 32.1. The Hall–Kier alpha value is -2.58. The van der Waals surface area contributed by atoms with Gasteiger partial charge in [0, 0.05) is 36.0 Å². The third-order valence-electron chi connectivity index (χ3n) is 8.79. The van der Waals surface area contributed by atoms with Crippen molar-refractivity contribution >= 4 is 28.9 Å². The molecule has 1 saturated carbocycles. The fourth-order valence-corrected chi connectivity index (χ4v) is 7.16. The average molecular weight is 537 g/mol. The number of carbonyl (C=O) groups is 3. The van der Waals surface area contributed by atoms with Crippen molar-refractivity contribution in [3.8, 4) is 0 Å². The molecule has 38 heavy (non-hydrogen) atoms. The SMILES string of the molecule is CC[C@@H](C)C(=O)N[C@H](C(=O)N1C[C@H]2CCCN2C[C@H]1c1nc(C(=O)c2ccccc2)cs1)C1CCCCC1. The van der Waals surface area contributed by atoms with Gasteiger partial charge >= 0.3 is 0 Å². The molecule has 7 nitrogen and oxygen atoms in total. The normalized spacial score (nSPS) is 24.0. The van der Waals surface area contributed by atoms with Crippen LogP contribution in [-0.2, 0) is 9.59 Å². The van der Waals surface area contributed by atoms with Gasteiger partial charge in [0.05, 0.1) is 6.04 Å². The Balaban J connectivity index is 1.43. The van der Waals surface area contributed by atoms with Gasteiger partial charge in [-0.1, -0.05) is 63.4 Å². The van der Waals surface area contributed by atoms with E-state index in [1.807, 2.05) is 42.3 Å². The van der Waals surface area contributed by atoms with Crippen LogP contribution < -0.4 is 5.32 Å². The van der Waals surface area contributed by atoms with Crippen LogP contribution in [0.5, 0.6) is 0 Å². The number of hydrogen-bond donors (Lipinski definition) is 1. The van der Waals surface area contributed by atoms with Gasteiger partial charge in [-0.2, -0.15) is 0 Å². The van der Waals surface area contributed by atoms with Gasteiger partial charge in [0.1, 0.15) is 16.7 Å². The van der Waals surface area contributed by atoms with Crippen molar-refractivity contribution < 1.29 is 14.4 Å². The summed E-state index contributed by atoms with van der Waals surface area (Å²) < 4.78 is 0. The predicted molar refractivity (Wildman–Crippen MR) is 149 cm³/mol. The van der Waals surface area contributed by atoms with Gasteiger partial charge in [-0.15, -0.1) is 11.3 Å². The number of aromatic nitrogens is 1. The van der Waals surface area contributed by atoms with Gasteiger partial charge in [0.2, 0.25) is 17.6 Å². The molecule has 5 rings (SSSR count). The molecule has 1 N–H and O–H groups in total. The lowest BCUT2D eigenvalue weighted by Crippen LogP contribution is -2.60. The molecule has 0 bridgehead atoms. The van der Waals surface area contributed by atoms with Crippen LogP contribution in [0.1, 0.15) is 92.3 Å². The molecule has 1 aliphatic carbocycles. The number of thiazole rings is 1. The van der Waals surface area contributed by atoms with Crippen LogP contribution in [0.15, 0.2) is 35.7 Å². The first-order valence-electron chi connectivity index (χ1n) is 14.4. The van der Waals surface area contributed by atoms with Gasteiger partial charge in [-0.05, 0) is 44.6 Å². The third kappa shape index (κ3) is 5.71. The zero-order valence-electron chi connectivity index (χ0n) is 22.6.